The molecule has 0 atom stereocenters. The van der Waals surface area contributed by atoms with Gasteiger partial charge < -0.3 is 4.90 Å². The maximum atomic E-state index is 11.8. The Kier molecular flexibility index (Phi) is 4.28. The van der Waals surface area contributed by atoms with Gasteiger partial charge in [-0.25, -0.2) is 0 Å². The van der Waals surface area contributed by atoms with Gasteiger partial charge in [0.05, 0.1) is 5.56 Å². The third kappa shape index (κ3) is 3.05. The highest BCUT2D eigenvalue weighted by Crippen LogP contribution is 2.04. The van der Waals surface area contributed by atoms with Gasteiger partial charge in [0, 0.05) is 25.5 Å². The molecule has 0 unspecified atom stereocenters. The zero-order chi connectivity index (χ0) is 11.3. The first-order chi connectivity index (χ1) is 7.19. The molecule has 1 heterocycles. The second kappa shape index (κ2) is 5.49. The molecule has 0 saturated heterocycles. The van der Waals surface area contributed by atoms with Gasteiger partial charge in [-0.3, -0.25) is 9.78 Å². The van der Waals surface area contributed by atoms with Crippen molar-refractivity contribution in [3.63, 3.8) is 0 Å². The SMILES string of the molecule is CCCN(C)C(=O)c1ccc(CC)nc1. The van der Waals surface area contributed by atoms with E-state index in [1.807, 2.05) is 26.1 Å². The Balaban J connectivity index is 2.73. The summed E-state index contributed by atoms with van der Waals surface area (Å²) in [6, 6.07) is 3.76. The van der Waals surface area contributed by atoms with Crippen LogP contribution in [-0.2, 0) is 6.42 Å². The molecule has 3 nitrogen and oxygen atoms in total. The molecule has 0 saturated carbocycles. The van der Waals surface area contributed by atoms with Crippen LogP contribution in [0.4, 0.5) is 0 Å². The van der Waals surface area contributed by atoms with Crippen molar-refractivity contribution >= 4 is 5.91 Å². The number of carbonyl (C=O) groups excluding carboxylic acids is 1. The van der Waals surface area contributed by atoms with E-state index in [9.17, 15) is 4.79 Å². The molecule has 0 spiro atoms. The zero-order valence-electron chi connectivity index (χ0n) is 9.66. The van der Waals surface area contributed by atoms with Crippen molar-refractivity contribution in [2.75, 3.05) is 13.6 Å². The van der Waals surface area contributed by atoms with Crippen LogP contribution in [0.1, 0.15) is 36.3 Å². The lowest BCUT2D eigenvalue weighted by Crippen LogP contribution is -2.27. The van der Waals surface area contributed by atoms with Crippen LogP contribution in [0, 0.1) is 0 Å². The van der Waals surface area contributed by atoms with E-state index >= 15 is 0 Å². The predicted molar refractivity (Wildman–Crippen MR) is 60.9 cm³/mol. The summed E-state index contributed by atoms with van der Waals surface area (Å²) in [5, 5.41) is 0. The monoisotopic (exact) mass is 206 g/mol. The van der Waals surface area contributed by atoms with Crippen molar-refractivity contribution in [1.82, 2.24) is 9.88 Å². The molecular formula is C12H18N2O. The molecule has 0 fully saturated rings. The Morgan fingerprint density at radius 3 is 2.60 bits per heavy atom. The smallest absolute Gasteiger partial charge is 0.255 e. The summed E-state index contributed by atoms with van der Waals surface area (Å²) >= 11 is 0. The number of aryl methyl sites for hydroxylation is 1. The molecule has 82 valence electrons. The highest BCUT2D eigenvalue weighted by Gasteiger charge is 2.10. The largest absolute Gasteiger partial charge is 0.342 e. The van der Waals surface area contributed by atoms with Gasteiger partial charge in [0.25, 0.3) is 5.91 Å². The molecule has 3 heteroatoms. The fourth-order valence-corrected chi connectivity index (χ4v) is 1.42. The quantitative estimate of drug-likeness (QED) is 0.756. The first kappa shape index (κ1) is 11.7. The maximum Gasteiger partial charge on any atom is 0.255 e. The predicted octanol–water partition coefficient (Wildman–Crippen LogP) is 2.13. The second-order valence-electron chi connectivity index (χ2n) is 3.62. The number of hydrogen-bond acceptors (Lipinski definition) is 2. The van der Waals surface area contributed by atoms with E-state index in [0.29, 0.717) is 5.56 Å². The van der Waals surface area contributed by atoms with E-state index in [1.54, 1.807) is 11.1 Å². The average molecular weight is 206 g/mol. The van der Waals surface area contributed by atoms with Crippen molar-refractivity contribution in [1.29, 1.82) is 0 Å². The minimum atomic E-state index is 0.0482. The molecule has 0 N–H and O–H groups in total. The molecule has 0 radical (unpaired) electrons. The Morgan fingerprint density at radius 2 is 2.13 bits per heavy atom. The summed E-state index contributed by atoms with van der Waals surface area (Å²) in [4.78, 5) is 17.8. The number of nitrogens with zero attached hydrogens (tertiary/aromatic N) is 2. The van der Waals surface area contributed by atoms with E-state index in [-0.39, 0.29) is 5.91 Å². The third-order valence-corrected chi connectivity index (χ3v) is 2.34. The van der Waals surface area contributed by atoms with Gasteiger partial charge in [0.1, 0.15) is 0 Å². The minimum absolute atomic E-state index is 0.0482. The highest BCUT2D eigenvalue weighted by molar-refractivity contribution is 5.93. The van der Waals surface area contributed by atoms with Gasteiger partial charge in [-0.2, -0.15) is 0 Å². The molecule has 1 aromatic heterocycles. The molecule has 15 heavy (non-hydrogen) atoms. The lowest BCUT2D eigenvalue weighted by molar-refractivity contribution is 0.0794. The zero-order valence-corrected chi connectivity index (χ0v) is 9.66. The van der Waals surface area contributed by atoms with Crippen molar-refractivity contribution in [2.45, 2.75) is 26.7 Å². The van der Waals surface area contributed by atoms with Gasteiger partial charge in [0.2, 0.25) is 0 Å². The van der Waals surface area contributed by atoms with Crippen LogP contribution in [0.25, 0.3) is 0 Å². The highest BCUT2D eigenvalue weighted by atomic mass is 16.2. The van der Waals surface area contributed by atoms with Crippen molar-refractivity contribution in [3.05, 3.63) is 29.6 Å². The summed E-state index contributed by atoms with van der Waals surface area (Å²) in [5.41, 5.74) is 1.69. The minimum Gasteiger partial charge on any atom is -0.342 e. The van der Waals surface area contributed by atoms with Gasteiger partial charge in [-0.15, -0.1) is 0 Å². The topological polar surface area (TPSA) is 33.2 Å². The fourth-order valence-electron chi connectivity index (χ4n) is 1.42. The van der Waals surface area contributed by atoms with Crippen molar-refractivity contribution in [2.24, 2.45) is 0 Å². The first-order valence-corrected chi connectivity index (χ1v) is 5.39. The second-order valence-corrected chi connectivity index (χ2v) is 3.62. The lowest BCUT2D eigenvalue weighted by Gasteiger charge is -2.15. The van der Waals surface area contributed by atoms with E-state index in [1.165, 1.54) is 0 Å². The van der Waals surface area contributed by atoms with Crippen LogP contribution in [-0.4, -0.2) is 29.4 Å². The summed E-state index contributed by atoms with van der Waals surface area (Å²) in [6.07, 6.45) is 3.54. The Hall–Kier alpha value is -1.38. The molecule has 0 aliphatic heterocycles. The van der Waals surface area contributed by atoms with Gasteiger partial charge in [-0.1, -0.05) is 13.8 Å². The number of amides is 1. The van der Waals surface area contributed by atoms with Gasteiger partial charge in [-0.05, 0) is 25.0 Å². The molecule has 0 aromatic carbocycles. The first-order valence-electron chi connectivity index (χ1n) is 5.39. The van der Waals surface area contributed by atoms with E-state index in [4.69, 9.17) is 0 Å². The maximum absolute atomic E-state index is 11.8. The average Bonchev–Trinajstić information content (AvgIpc) is 2.28. The number of carbonyl (C=O) groups is 1. The van der Waals surface area contributed by atoms with Crippen LogP contribution in [0.5, 0.6) is 0 Å². The summed E-state index contributed by atoms with van der Waals surface area (Å²) < 4.78 is 0. The summed E-state index contributed by atoms with van der Waals surface area (Å²) in [6.45, 7) is 4.89. The molecule has 1 rings (SSSR count). The molecule has 0 bridgehead atoms. The summed E-state index contributed by atoms with van der Waals surface area (Å²) in [5.74, 6) is 0.0482. The molecule has 0 aliphatic rings. The molecule has 1 amide bonds. The van der Waals surface area contributed by atoms with Crippen LogP contribution in [0.2, 0.25) is 0 Å². The van der Waals surface area contributed by atoms with E-state index in [0.717, 1.165) is 25.1 Å². The number of pyridine rings is 1. The molecular weight excluding hydrogens is 188 g/mol. The van der Waals surface area contributed by atoms with Crippen LogP contribution >= 0.6 is 0 Å². The van der Waals surface area contributed by atoms with Crippen molar-refractivity contribution in [3.8, 4) is 0 Å². The Morgan fingerprint density at radius 1 is 1.40 bits per heavy atom. The Labute approximate surface area is 91.1 Å². The standard InChI is InChI=1S/C12H18N2O/c1-4-8-14(3)12(15)10-6-7-11(5-2)13-9-10/h6-7,9H,4-5,8H2,1-3H3. The lowest BCUT2D eigenvalue weighted by atomic mass is 10.2. The number of aromatic nitrogens is 1. The van der Waals surface area contributed by atoms with Crippen molar-refractivity contribution < 1.29 is 4.79 Å². The van der Waals surface area contributed by atoms with Gasteiger partial charge in [0.15, 0.2) is 0 Å². The van der Waals surface area contributed by atoms with E-state index < -0.39 is 0 Å². The number of hydrogen-bond donors (Lipinski definition) is 0. The fraction of sp³-hybridized carbons (Fsp3) is 0.500. The third-order valence-electron chi connectivity index (χ3n) is 2.34. The summed E-state index contributed by atoms with van der Waals surface area (Å²) in [7, 11) is 1.82. The Bertz CT molecular complexity index is 319. The van der Waals surface area contributed by atoms with Crippen LogP contribution < -0.4 is 0 Å². The number of rotatable bonds is 4. The molecule has 1 aromatic rings. The van der Waals surface area contributed by atoms with Gasteiger partial charge >= 0.3 is 0 Å². The normalized spacial score (nSPS) is 10.1. The van der Waals surface area contributed by atoms with E-state index in [2.05, 4.69) is 11.9 Å². The molecule has 0 aliphatic carbocycles. The van der Waals surface area contributed by atoms with Crippen LogP contribution in [0.3, 0.4) is 0 Å². The van der Waals surface area contributed by atoms with Crippen LogP contribution in [0.15, 0.2) is 18.3 Å².